The number of allylic oxidation sites excluding steroid dienone is 3. The van der Waals surface area contributed by atoms with E-state index in [9.17, 15) is 14.4 Å². The van der Waals surface area contributed by atoms with Crippen molar-refractivity contribution in [1.82, 2.24) is 0 Å². The van der Waals surface area contributed by atoms with Crippen molar-refractivity contribution in [2.45, 2.75) is 421 Å². The molecule has 9 atom stereocenters. The molecule has 0 aromatic rings. The van der Waals surface area contributed by atoms with Crippen LogP contribution in [0.2, 0.25) is 0 Å². The molecule has 4 heteroatoms. The maximum atomic E-state index is 14.2. The maximum Gasteiger partial charge on any atom is 0.306 e. The summed E-state index contributed by atoms with van der Waals surface area (Å²) in [6, 6.07) is 0. The molecule has 0 heterocycles. The Morgan fingerprint density at radius 2 is 0.882 bits per heavy atom. The monoisotopic (exact) mass is 1180 g/mol. The van der Waals surface area contributed by atoms with Crippen molar-refractivity contribution in [2.75, 3.05) is 0 Å². The number of unbranched alkanes of at least 4 members (excludes halogenated alkanes) is 39. The number of hydrogen-bond donors (Lipinski definition) is 0. The number of fused-ring (bicyclic) bond motifs is 5. The van der Waals surface area contributed by atoms with Crippen LogP contribution in [0.25, 0.3) is 0 Å². The first-order valence-electron chi connectivity index (χ1n) is 39.1. The lowest BCUT2D eigenvalue weighted by Crippen LogP contribution is -2.51. The minimum absolute atomic E-state index is 0.0347. The third kappa shape index (κ3) is 29.9. The highest BCUT2D eigenvalue weighted by molar-refractivity contribution is 6.02. The molecule has 4 nitrogen and oxygen atoms in total. The zero-order chi connectivity index (χ0) is 61.1. The summed E-state index contributed by atoms with van der Waals surface area (Å²) in [4.78, 5) is 41.5. The minimum atomic E-state index is -0.396. The molecule has 0 N–H and O–H groups in total. The van der Waals surface area contributed by atoms with E-state index in [0.717, 1.165) is 94.3 Å². The van der Waals surface area contributed by atoms with Crippen LogP contribution in [0.1, 0.15) is 414 Å². The van der Waals surface area contributed by atoms with Crippen molar-refractivity contribution in [2.24, 2.45) is 52.3 Å². The van der Waals surface area contributed by atoms with Gasteiger partial charge in [0, 0.05) is 25.7 Å². The van der Waals surface area contributed by atoms with Gasteiger partial charge in [0.25, 0.3) is 0 Å². The third-order valence-corrected chi connectivity index (χ3v) is 23.4. The van der Waals surface area contributed by atoms with E-state index in [4.69, 9.17) is 4.74 Å². The van der Waals surface area contributed by atoms with E-state index in [0.29, 0.717) is 30.6 Å². The summed E-state index contributed by atoms with van der Waals surface area (Å²) in [5.74, 6) is 4.07. The molecule has 3 fully saturated rings. The first-order valence-corrected chi connectivity index (χ1v) is 39.1. The molecular weight excluding hydrogens is 1040 g/mol. The van der Waals surface area contributed by atoms with Crippen molar-refractivity contribution in [3.05, 3.63) is 23.8 Å². The van der Waals surface area contributed by atoms with Gasteiger partial charge in [0.2, 0.25) is 0 Å². The zero-order valence-electron chi connectivity index (χ0n) is 58.3. The summed E-state index contributed by atoms with van der Waals surface area (Å²) in [6.07, 6.45) is 78.8. The van der Waals surface area contributed by atoms with Gasteiger partial charge in [-0.2, -0.15) is 0 Å². The van der Waals surface area contributed by atoms with Gasteiger partial charge in [0.1, 0.15) is 17.7 Å². The van der Waals surface area contributed by atoms with Crippen molar-refractivity contribution < 1.29 is 19.1 Å². The Morgan fingerprint density at radius 1 is 0.471 bits per heavy atom. The van der Waals surface area contributed by atoms with Gasteiger partial charge in [-0.05, 0) is 143 Å². The van der Waals surface area contributed by atoms with Crippen molar-refractivity contribution in [3.8, 4) is 0 Å². The lowest BCUT2D eigenvalue weighted by Gasteiger charge is -2.58. The largest absolute Gasteiger partial charge is 0.462 e. The Morgan fingerprint density at radius 3 is 1.33 bits per heavy atom. The number of carbonyl (C=O) groups is 3. The normalized spacial score (nSPS) is 23.7. The molecule has 4 aliphatic carbocycles. The van der Waals surface area contributed by atoms with Crippen LogP contribution >= 0.6 is 0 Å². The third-order valence-electron chi connectivity index (χ3n) is 23.4. The molecule has 0 aliphatic heterocycles. The van der Waals surface area contributed by atoms with E-state index < -0.39 is 5.92 Å². The molecule has 0 bridgehead atoms. The van der Waals surface area contributed by atoms with Crippen LogP contribution in [0.15, 0.2) is 23.8 Å². The fourth-order valence-electron chi connectivity index (χ4n) is 17.9. The van der Waals surface area contributed by atoms with E-state index >= 15 is 0 Å². The van der Waals surface area contributed by atoms with Gasteiger partial charge < -0.3 is 4.74 Å². The van der Waals surface area contributed by atoms with E-state index in [1.807, 2.05) is 0 Å². The Hall–Kier alpha value is -1.71. The van der Waals surface area contributed by atoms with Crippen molar-refractivity contribution in [1.29, 1.82) is 0 Å². The van der Waals surface area contributed by atoms with Gasteiger partial charge in [0.05, 0.1) is 5.92 Å². The topological polar surface area (TPSA) is 60.4 Å². The second-order valence-corrected chi connectivity index (χ2v) is 30.4. The predicted octanol–water partition coefficient (Wildman–Crippen LogP) is 26.2. The second kappa shape index (κ2) is 47.2. The van der Waals surface area contributed by atoms with Crippen LogP contribution in [-0.4, -0.2) is 23.6 Å². The Balaban J connectivity index is 1.16. The van der Waals surface area contributed by atoms with Gasteiger partial charge in [-0.15, -0.1) is 0 Å². The van der Waals surface area contributed by atoms with Gasteiger partial charge in [-0.25, -0.2) is 0 Å². The molecule has 3 saturated carbocycles. The standard InChI is InChI=1S/C81H146O4/c1-8-11-14-17-20-23-26-29-32-35-38-41-44-47-50-56-76(82)79(77(83)57-51-48-45-42-39-36-33-30-27-24-21-18-15-12-9-2)69(5)55-53-54-68(4)73-61-62-74-72-60-59-70-67-71(63-65-80(70,6)75(72)64-66-81(73,74)7)85-78(84)58-52-49-46-43-40-37-34-31-28-25-22-19-16-13-10-3/h31,34,59,68-69,71-75,79H,8-30,32-33,35-58,60-67H2,1-7H3/b34-31-/t68-,69?,71+,72+,73-,74+,75+,80+,81-/m1/s1. The lowest BCUT2D eigenvalue weighted by molar-refractivity contribution is -0.151. The SMILES string of the molecule is CCCCCCCC/C=C\CCCCCCCC(=O)O[C@H]1CC[C@@]2(C)C(=CC[C@H]3[C@@H]4CC[C@H]([C@H](C)CCCC(C)C(C(=O)CCCCCCCCCCCCCCCCC)C(=O)CCCCCCCCCCCCCCCCC)[C@@]4(C)CC[C@@H]32)C1. The quantitative estimate of drug-likeness (QED) is 0.0264. The molecule has 4 aliphatic rings. The Labute approximate surface area is 530 Å². The summed E-state index contributed by atoms with van der Waals surface area (Å²) in [5, 5.41) is 0. The second-order valence-electron chi connectivity index (χ2n) is 30.4. The summed E-state index contributed by atoms with van der Waals surface area (Å²) in [7, 11) is 0. The molecule has 0 spiro atoms. The van der Waals surface area contributed by atoms with Crippen LogP contribution in [0.4, 0.5) is 0 Å². The summed E-state index contributed by atoms with van der Waals surface area (Å²) in [5.41, 5.74) is 2.26. The number of ether oxygens (including phenoxy) is 1. The smallest absolute Gasteiger partial charge is 0.306 e. The van der Waals surface area contributed by atoms with E-state index in [1.54, 1.807) is 5.57 Å². The number of esters is 1. The minimum Gasteiger partial charge on any atom is -0.462 e. The lowest BCUT2D eigenvalue weighted by atomic mass is 9.47. The molecule has 85 heavy (non-hydrogen) atoms. The number of ketones is 2. The van der Waals surface area contributed by atoms with Crippen molar-refractivity contribution in [3.63, 3.8) is 0 Å². The van der Waals surface area contributed by atoms with E-state index in [1.165, 1.54) is 276 Å². The van der Waals surface area contributed by atoms with Crippen LogP contribution < -0.4 is 0 Å². The maximum absolute atomic E-state index is 14.2. The Kier molecular flexibility index (Phi) is 42.1. The summed E-state index contributed by atoms with van der Waals surface area (Å²) >= 11 is 0. The average Bonchev–Trinajstić information content (AvgIpc) is 1.84. The first kappa shape index (κ1) is 75.7. The molecule has 0 aromatic carbocycles. The van der Waals surface area contributed by atoms with Gasteiger partial charge in [-0.1, -0.05) is 316 Å². The molecule has 1 unspecified atom stereocenters. The van der Waals surface area contributed by atoms with Crippen LogP contribution in [-0.2, 0) is 19.1 Å². The van der Waals surface area contributed by atoms with Gasteiger partial charge in [-0.3, -0.25) is 14.4 Å². The fourth-order valence-corrected chi connectivity index (χ4v) is 17.9. The van der Waals surface area contributed by atoms with Crippen molar-refractivity contribution >= 4 is 17.5 Å². The molecule has 4 rings (SSSR count). The van der Waals surface area contributed by atoms with E-state index in [2.05, 4.69) is 66.7 Å². The van der Waals surface area contributed by atoms with Gasteiger partial charge >= 0.3 is 5.97 Å². The first-order chi connectivity index (χ1) is 41.5. The molecular formula is C81H146O4. The van der Waals surface area contributed by atoms with Gasteiger partial charge in [0.15, 0.2) is 0 Å². The number of Topliss-reactive ketones (excluding diaryl/α,β-unsaturated/α-hetero) is 2. The number of hydrogen-bond acceptors (Lipinski definition) is 4. The zero-order valence-corrected chi connectivity index (χ0v) is 58.3. The van der Waals surface area contributed by atoms with Crippen LogP contribution in [0.5, 0.6) is 0 Å². The number of carbonyl (C=O) groups excluding carboxylic acids is 3. The highest BCUT2D eigenvalue weighted by Crippen LogP contribution is 2.67. The van der Waals surface area contributed by atoms with E-state index in [-0.39, 0.29) is 35.0 Å². The fraction of sp³-hybridized carbons (Fsp3) is 0.914. The predicted molar refractivity (Wildman–Crippen MR) is 369 cm³/mol. The average molecular weight is 1180 g/mol. The highest BCUT2D eigenvalue weighted by Gasteiger charge is 2.59. The summed E-state index contributed by atoms with van der Waals surface area (Å²) < 4.78 is 6.23. The number of rotatable bonds is 56. The molecule has 0 aromatic heterocycles. The molecule has 494 valence electrons. The molecule has 0 radical (unpaired) electrons. The Bertz CT molecular complexity index is 1700. The molecule has 0 saturated heterocycles. The van der Waals surface area contributed by atoms with Crippen LogP contribution in [0.3, 0.4) is 0 Å². The highest BCUT2D eigenvalue weighted by atomic mass is 16.5. The summed E-state index contributed by atoms with van der Waals surface area (Å²) in [6.45, 7) is 17.0. The molecule has 0 amide bonds. The van der Waals surface area contributed by atoms with Crippen LogP contribution in [0, 0.1) is 52.3 Å².